The van der Waals surface area contributed by atoms with Crippen LogP contribution in [0.4, 0.5) is 11.4 Å². The molecule has 0 bridgehead atoms. The average Bonchev–Trinajstić information content (AvgIpc) is 2.55. The summed E-state index contributed by atoms with van der Waals surface area (Å²) >= 11 is 0. The lowest BCUT2D eigenvalue weighted by atomic mass is 10.2. The van der Waals surface area contributed by atoms with Crippen LogP contribution in [-0.2, 0) is 23.8 Å². The van der Waals surface area contributed by atoms with Crippen LogP contribution < -0.4 is 10.2 Å². The van der Waals surface area contributed by atoms with Gasteiger partial charge < -0.3 is 24.4 Å². The summed E-state index contributed by atoms with van der Waals surface area (Å²) in [5.74, 6) is -0.955. The van der Waals surface area contributed by atoms with Crippen LogP contribution >= 0.6 is 0 Å². The van der Waals surface area contributed by atoms with E-state index in [1.165, 1.54) is 7.11 Å². The summed E-state index contributed by atoms with van der Waals surface area (Å²) in [7, 11) is 1.39. The highest BCUT2D eigenvalue weighted by Gasteiger charge is 2.11. The Hall–Kier alpha value is -2.12. The number of rotatable bonds is 6. The van der Waals surface area contributed by atoms with Crippen molar-refractivity contribution >= 4 is 23.3 Å². The van der Waals surface area contributed by atoms with Crippen LogP contribution in [0.15, 0.2) is 24.3 Å². The Morgan fingerprint density at radius 2 is 1.86 bits per heavy atom. The zero-order chi connectivity index (χ0) is 15.8. The van der Waals surface area contributed by atoms with Crippen LogP contribution in [0.1, 0.15) is 0 Å². The SMILES string of the molecule is COCC(=O)OCC(=O)Nc1ccc(N2CCOCC2)cc1. The van der Waals surface area contributed by atoms with E-state index < -0.39 is 5.97 Å². The maximum absolute atomic E-state index is 11.7. The van der Waals surface area contributed by atoms with Crippen LogP contribution in [-0.4, -0.2) is 58.5 Å². The van der Waals surface area contributed by atoms with Crippen LogP contribution in [0.2, 0.25) is 0 Å². The van der Waals surface area contributed by atoms with Crippen LogP contribution in [0, 0.1) is 0 Å². The molecule has 7 heteroatoms. The zero-order valence-corrected chi connectivity index (χ0v) is 12.5. The number of hydrogen-bond donors (Lipinski definition) is 1. The van der Waals surface area contributed by atoms with E-state index in [2.05, 4.69) is 15.0 Å². The molecule has 1 amide bonds. The van der Waals surface area contributed by atoms with Gasteiger partial charge in [-0.2, -0.15) is 0 Å². The molecule has 120 valence electrons. The Labute approximate surface area is 129 Å². The minimum absolute atomic E-state index is 0.165. The Bertz CT molecular complexity index is 497. The molecule has 0 aliphatic carbocycles. The highest BCUT2D eigenvalue weighted by molar-refractivity contribution is 5.93. The van der Waals surface area contributed by atoms with E-state index in [9.17, 15) is 9.59 Å². The Balaban J connectivity index is 1.80. The molecule has 1 aliphatic heterocycles. The van der Waals surface area contributed by atoms with E-state index in [-0.39, 0.29) is 19.1 Å². The van der Waals surface area contributed by atoms with Crippen molar-refractivity contribution in [2.45, 2.75) is 0 Å². The second-order valence-electron chi connectivity index (χ2n) is 4.79. The first-order chi connectivity index (χ1) is 10.7. The van der Waals surface area contributed by atoms with Gasteiger partial charge in [-0.15, -0.1) is 0 Å². The number of nitrogens with one attached hydrogen (secondary N) is 1. The van der Waals surface area contributed by atoms with Gasteiger partial charge in [-0.1, -0.05) is 0 Å². The summed E-state index contributed by atoms with van der Waals surface area (Å²) in [5, 5.41) is 2.67. The maximum Gasteiger partial charge on any atom is 0.332 e. The molecule has 1 saturated heterocycles. The lowest BCUT2D eigenvalue weighted by Gasteiger charge is -2.28. The van der Waals surface area contributed by atoms with Gasteiger partial charge >= 0.3 is 5.97 Å². The molecule has 0 radical (unpaired) electrons. The van der Waals surface area contributed by atoms with Crippen molar-refractivity contribution in [2.24, 2.45) is 0 Å². The van der Waals surface area contributed by atoms with Crippen LogP contribution in [0.3, 0.4) is 0 Å². The third-order valence-corrected chi connectivity index (χ3v) is 3.15. The van der Waals surface area contributed by atoms with Gasteiger partial charge in [0.15, 0.2) is 6.61 Å². The topological polar surface area (TPSA) is 77.1 Å². The number of esters is 1. The number of morpholine rings is 1. The molecule has 0 saturated carbocycles. The number of anilines is 2. The molecule has 0 spiro atoms. The van der Waals surface area contributed by atoms with Crippen LogP contribution in [0.5, 0.6) is 0 Å². The number of carbonyl (C=O) groups excluding carboxylic acids is 2. The van der Waals surface area contributed by atoms with E-state index in [1.54, 1.807) is 0 Å². The van der Waals surface area contributed by atoms with Crippen molar-refractivity contribution in [2.75, 3.05) is 56.8 Å². The van der Waals surface area contributed by atoms with E-state index in [1.807, 2.05) is 24.3 Å². The van der Waals surface area contributed by atoms with Crippen molar-refractivity contribution in [1.82, 2.24) is 0 Å². The molecule has 0 unspecified atom stereocenters. The van der Waals surface area contributed by atoms with Gasteiger partial charge in [0.05, 0.1) is 13.2 Å². The number of methoxy groups -OCH3 is 1. The minimum Gasteiger partial charge on any atom is -0.454 e. The first-order valence-electron chi connectivity index (χ1n) is 7.06. The number of ether oxygens (including phenoxy) is 3. The van der Waals surface area contributed by atoms with Gasteiger partial charge in [0, 0.05) is 31.6 Å². The number of hydrogen-bond acceptors (Lipinski definition) is 6. The fraction of sp³-hybridized carbons (Fsp3) is 0.467. The molecule has 0 aromatic heterocycles. The molecule has 0 atom stereocenters. The lowest BCUT2D eigenvalue weighted by Crippen LogP contribution is -2.36. The van der Waals surface area contributed by atoms with Gasteiger partial charge in [-0.3, -0.25) is 4.79 Å². The van der Waals surface area contributed by atoms with Crippen molar-refractivity contribution in [1.29, 1.82) is 0 Å². The Morgan fingerprint density at radius 3 is 2.50 bits per heavy atom. The van der Waals surface area contributed by atoms with E-state index in [0.717, 1.165) is 32.0 Å². The zero-order valence-electron chi connectivity index (χ0n) is 12.5. The summed E-state index contributed by atoms with van der Waals surface area (Å²) in [4.78, 5) is 25.0. The molecular formula is C15H20N2O5. The third-order valence-electron chi connectivity index (χ3n) is 3.15. The van der Waals surface area contributed by atoms with Gasteiger partial charge in [0.2, 0.25) is 0 Å². The minimum atomic E-state index is -0.569. The monoisotopic (exact) mass is 308 g/mol. The Morgan fingerprint density at radius 1 is 1.18 bits per heavy atom. The molecule has 1 aromatic carbocycles. The molecule has 1 aliphatic rings. The molecule has 1 heterocycles. The van der Waals surface area contributed by atoms with Crippen molar-refractivity contribution in [3.63, 3.8) is 0 Å². The fourth-order valence-corrected chi connectivity index (χ4v) is 2.08. The second kappa shape index (κ2) is 8.35. The summed E-state index contributed by atoms with van der Waals surface area (Å²) < 4.78 is 14.7. The quantitative estimate of drug-likeness (QED) is 0.778. The van der Waals surface area contributed by atoms with Crippen molar-refractivity contribution < 1.29 is 23.8 Å². The summed E-state index contributed by atoms with van der Waals surface area (Å²) in [6, 6.07) is 7.52. The largest absolute Gasteiger partial charge is 0.454 e. The number of amides is 1. The van der Waals surface area contributed by atoms with Gasteiger partial charge in [-0.25, -0.2) is 4.79 Å². The maximum atomic E-state index is 11.7. The third kappa shape index (κ3) is 5.01. The lowest BCUT2D eigenvalue weighted by molar-refractivity contribution is -0.150. The fourth-order valence-electron chi connectivity index (χ4n) is 2.08. The number of nitrogens with zero attached hydrogens (tertiary/aromatic N) is 1. The molecule has 1 N–H and O–H groups in total. The van der Waals surface area contributed by atoms with E-state index in [0.29, 0.717) is 5.69 Å². The molecule has 1 fully saturated rings. The van der Waals surface area contributed by atoms with Crippen LogP contribution in [0.25, 0.3) is 0 Å². The predicted molar refractivity (Wildman–Crippen MR) is 80.9 cm³/mol. The normalized spacial score (nSPS) is 14.5. The summed E-state index contributed by atoms with van der Waals surface area (Å²) in [6.07, 6.45) is 0. The van der Waals surface area contributed by atoms with E-state index >= 15 is 0 Å². The average molecular weight is 308 g/mol. The molecule has 2 rings (SSSR count). The molecule has 7 nitrogen and oxygen atoms in total. The predicted octanol–water partition coefficient (Wildman–Crippen LogP) is 0.651. The first-order valence-corrected chi connectivity index (χ1v) is 7.06. The highest BCUT2D eigenvalue weighted by Crippen LogP contribution is 2.18. The molecular weight excluding hydrogens is 288 g/mol. The Kier molecular flexibility index (Phi) is 6.17. The standard InChI is InChI=1S/C15H20N2O5/c1-20-11-15(19)22-10-14(18)16-12-2-4-13(5-3-12)17-6-8-21-9-7-17/h2-5H,6-11H2,1H3,(H,16,18). The van der Waals surface area contributed by atoms with E-state index in [4.69, 9.17) is 9.47 Å². The van der Waals surface area contributed by atoms with Crippen molar-refractivity contribution in [3.8, 4) is 0 Å². The summed E-state index contributed by atoms with van der Waals surface area (Å²) in [5.41, 5.74) is 1.75. The number of carbonyl (C=O) groups is 2. The second-order valence-corrected chi connectivity index (χ2v) is 4.79. The van der Waals surface area contributed by atoms with Crippen molar-refractivity contribution in [3.05, 3.63) is 24.3 Å². The smallest absolute Gasteiger partial charge is 0.332 e. The first kappa shape index (κ1) is 16.3. The summed E-state index contributed by atoms with van der Waals surface area (Å²) in [6.45, 7) is 2.69. The van der Waals surface area contributed by atoms with Gasteiger partial charge in [0.25, 0.3) is 5.91 Å². The highest BCUT2D eigenvalue weighted by atomic mass is 16.6. The van der Waals surface area contributed by atoms with Gasteiger partial charge in [-0.05, 0) is 24.3 Å². The molecule has 1 aromatic rings. The number of benzene rings is 1. The molecule has 22 heavy (non-hydrogen) atoms. The van der Waals surface area contributed by atoms with Gasteiger partial charge in [0.1, 0.15) is 6.61 Å².